The lowest BCUT2D eigenvalue weighted by atomic mass is 9.96. The third-order valence-corrected chi connectivity index (χ3v) is 8.05. The van der Waals surface area contributed by atoms with Gasteiger partial charge in [0.25, 0.3) is 6.01 Å². The molecular formula is C27H32ClFN4O5. The number of aromatic nitrogens is 3. The molecule has 4 heterocycles. The fraction of sp³-hybridized carbons (Fsp3) is 0.556. The van der Waals surface area contributed by atoms with Crippen LogP contribution in [0.5, 0.6) is 11.8 Å². The van der Waals surface area contributed by atoms with Crippen molar-refractivity contribution in [3.63, 3.8) is 0 Å². The Labute approximate surface area is 225 Å². The second-order valence-corrected chi connectivity index (χ2v) is 10.7. The largest absolute Gasteiger partial charge is 0.488 e. The van der Waals surface area contributed by atoms with Gasteiger partial charge in [0.2, 0.25) is 0 Å². The SMILES string of the molecule is CC[C@@H](O)[C@H]1OC[C@@H](Oc2nc3nc(NC4CCc5cc(O[C@@H]6CCOC6)cc(F)c54)c(Cl)cc3[nH]2)[C@H]1C. The number of pyridine rings is 1. The highest BCUT2D eigenvalue weighted by Gasteiger charge is 2.39. The van der Waals surface area contributed by atoms with Crippen LogP contribution in [0.25, 0.3) is 11.2 Å². The van der Waals surface area contributed by atoms with Gasteiger partial charge in [-0.05, 0) is 37.0 Å². The van der Waals surface area contributed by atoms with E-state index in [1.54, 1.807) is 6.07 Å². The number of H-pyrrole nitrogens is 1. The predicted octanol–water partition coefficient (Wildman–Crippen LogP) is 4.57. The summed E-state index contributed by atoms with van der Waals surface area (Å²) in [7, 11) is 0. The second-order valence-electron chi connectivity index (χ2n) is 10.3. The molecule has 9 nitrogen and oxygen atoms in total. The highest BCUT2D eigenvalue weighted by molar-refractivity contribution is 6.33. The number of rotatable bonds is 8. The van der Waals surface area contributed by atoms with Crippen molar-refractivity contribution in [2.24, 2.45) is 5.92 Å². The summed E-state index contributed by atoms with van der Waals surface area (Å²) in [5, 5.41) is 13.9. The molecule has 6 atom stereocenters. The Bertz CT molecular complexity index is 1320. The number of halogens is 2. The van der Waals surface area contributed by atoms with Crippen molar-refractivity contribution < 1.29 is 28.4 Å². The molecule has 38 heavy (non-hydrogen) atoms. The number of benzene rings is 1. The molecule has 2 fully saturated rings. The summed E-state index contributed by atoms with van der Waals surface area (Å²) in [4.78, 5) is 12.2. The Morgan fingerprint density at radius 1 is 1.24 bits per heavy atom. The van der Waals surface area contributed by atoms with Gasteiger partial charge in [0, 0.05) is 24.0 Å². The number of hydrogen-bond acceptors (Lipinski definition) is 8. The summed E-state index contributed by atoms with van der Waals surface area (Å²) >= 11 is 6.55. The van der Waals surface area contributed by atoms with E-state index in [0.717, 1.165) is 18.4 Å². The molecule has 0 spiro atoms. The molecule has 11 heteroatoms. The maximum Gasteiger partial charge on any atom is 0.296 e. The zero-order valence-electron chi connectivity index (χ0n) is 21.4. The number of ether oxygens (including phenoxy) is 4. The van der Waals surface area contributed by atoms with Crippen LogP contribution < -0.4 is 14.8 Å². The van der Waals surface area contributed by atoms with Crippen LogP contribution in [0.4, 0.5) is 10.2 Å². The van der Waals surface area contributed by atoms with Crippen molar-refractivity contribution in [3.8, 4) is 11.8 Å². The average molecular weight is 547 g/mol. The Balaban J connectivity index is 1.17. The Morgan fingerprint density at radius 2 is 2.11 bits per heavy atom. The van der Waals surface area contributed by atoms with E-state index in [9.17, 15) is 5.11 Å². The zero-order valence-corrected chi connectivity index (χ0v) is 22.1. The quantitative estimate of drug-likeness (QED) is 0.377. The van der Waals surface area contributed by atoms with Gasteiger partial charge in [-0.2, -0.15) is 4.98 Å². The first-order valence-corrected chi connectivity index (χ1v) is 13.6. The number of aliphatic hydroxyl groups is 1. The minimum atomic E-state index is -0.532. The molecule has 0 radical (unpaired) electrons. The number of aliphatic hydroxyl groups excluding tert-OH is 1. The number of imidazole rings is 1. The highest BCUT2D eigenvalue weighted by Crippen LogP contribution is 2.39. The lowest BCUT2D eigenvalue weighted by molar-refractivity contribution is -0.0176. The van der Waals surface area contributed by atoms with Gasteiger partial charge in [-0.1, -0.05) is 25.4 Å². The number of nitrogens with zero attached hydrogens (tertiary/aromatic N) is 2. The molecule has 3 aliphatic rings. The van der Waals surface area contributed by atoms with Crippen molar-refractivity contribution in [1.82, 2.24) is 15.0 Å². The van der Waals surface area contributed by atoms with Crippen molar-refractivity contribution >= 4 is 28.6 Å². The Kier molecular flexibility index (Phi) is 7.07. The molecular weight excluding hydrogens is 515 g/mol. The van der Waals surface area contributed by atoms with Crippen LogP contribution in [-0.4, -0.2) is 64.3 Å². The van der Waals surface area contributed by atoms with Gasteiger partial charge < -0.3 is 34.4 Å². The second kappa shape index (κ2) is 10.5. The number of aryl methyl sites for hydroxylation is 1. The average Bonchev–Trinajstić information content (AvgIpc) is 3.68. The molecule has 1 aliphatic carbocycles. The van der Waals surface area contributed by atoms with Gasteiger partial charge in [0.1, 0.15) is 29.6 Å². The van der Waals surface area contributed by atoms with Gasteiger partial charge >= 0.3 is 0 Å². The van der Waals surface area contributed by atoms with E-state index in [1.807, 2.05) is 19.9 Å². The molecule has 204 valence electrons. The molecule has 0 amide bonds. The first-order chi connectivity index (χ1) is 18.4. The smallest absolute Gasteiger partial charge is 0.296 e. The Morgan fingerprint density at radius 3 is 2.89 bits per heavy atom. The topological polar surface area (TPSA) is 111 Å². The van der Waals surface area contributed by atoms with E-state index >= 15 is 4.39 Å². The van der Waals surface area contributed by atoms with Crippen LogP contribution in [-0.2, 0) is 15.9 Å². The minimum Gasteiger partial charge on any atom is -0.488 e. The van der Waals surface area contributed by atoms with Crippen molar-refractivity contribution in [3.05, 3.63) is 40.2 Å². The molecule has 1 aromatic carbocycles. The lowest BCUT2D eigenvalue weighted by Gasteiger charge is -2.21. The maximum atomic E-state index is 15.2. The maximum absolute atomic E-state index is 15.2. The highest BCUT2D eigenvalue weighted by atomic mass is 35.5. The summed E-state index contributed by atoms with van der Waals surface area (Å²) < 4.78 is 38.3. The van der Waals surface area contributed by atoms with Crippen molar-refractivity contribution in [1.29, 1.82) is 0 Å². The zero-order chi connectivity index (χ0) is 26.4. The van der Waals surface area contributed by atoms with Gasteiger partial charge in [-0.15, -0.1) is 0 Å². The Hall–Kier alpha value is -2.66. The summed E-state index contributed by atoms with van der Waals surface area (Å²) in [6, 6.07) is 5.14. The van der Waals surface area contributed by atoms with E-state index in [2.05, 4.69) is 20.3 Å². The lowest BCUT2D eigenvalue weighted by Crippen LogP contribution is -2.34. The number of anilines is 1. The molecule has 0 bridgehead atoms. The molecule has 2 aromatic heterocycles. The van der Waals surface area contributed by atoms with E-state index < -0.39 is 6.10 Å². The third-order valence-electron chi connectivity index (χ3n) is 7.76. The van der Waals surface area contributed by atoms with E-state index in [-0.39, 0.29) is 36.1 Å². The van der Waals surface area contributed by atoms with Crippen molar-refractivity contribution in [2.45, 2.75) is 70.0 Å². The number of nitrogens with one attached hydrogen (secondary N) is 2. The summed E-state index contributed by atoms with van der Waals surface area (Å²) in [6.45, 7) is 5.49. The molecule has 2 aliphatic heterocycles. The normalized spacial score (nSPS) is 27.6. The van der Waals surface area contributed by atoms with Crippen LogP contribution in [0.3, 0.4) is 0 Å². The van der Waals surface area contributed by atoms with E-state index in [4.69, 9.17) is 30.5 Å². The fourth-order valence-electron chi connectivity index (χ4n) is 5.62. The van der Waals surface area contributed by atoms with Crippen LogP contribution in [0, 0.1) is 11.7 Å². The van der Waals surface area contributed by atoms with E-state index in [1.165, 1.54) is 6.07 Å². The fourth-order valence-corrected chi connectivity index (χ4v) is 5.82. The van der Waals surface area contributed by atoms with Gasteiger partial charge in [-0.3, -0.25) is 0 Å². The summed E-state index contributed by atoms with van der Waals surface area (Å²) in [5.41, 5.74) is 2.60. The first kappa shape index (κ1) is 25.6. The van der Waals surface area contributed by atoms with Crippen LogP contribution in [0.1, 0.15) is 50.3 Å². The number of fused-ring (bicyclic) bond motifs is 2. The molecule has 6 rings (SSSR count). The number of aromatic amines is 1. The van der Waals surface area contributed by atoms with Crippen LogP contribution in [0.15, 0.2) is 18.2 Å². The van der Waals surface area contributed by atoms with E-state index in [0.29, 0.717) is 72.0 Å². The third kappa shape index (κ3) is 4.90. The molecule has 2 saturated heterocycles. The van der Waals surface area contributed by atoms with Gasteiger partial charge in [0.05, 0.1) is 48.6 Å². The van der Waals surface area contributed by atoms with Crippen molar-refractivity contribution in [2.75, 3.05) is 25.1 Å². The number of hydrogen-bond donors (Lipinski definition) is 3. The van der Waals surface area contributed by atoms with Crippen LogP contribution >= 0.6 is 11.6 Å². The molecule has 3 N–H and O–H groups in total. The summed E-state index contributed by atoms with van der Waals surface area (Å²) in [5.74, 6) is 0.665. The standard InChI is InChI=1S/C27H32ClFN4O5/c1-3-21(34)24-13(2)22(12-36-24)38-27-31-20-10-17(28)25(32-26(20)33-27)30-19-5-4-14-8-16(9-18(29)23(14)19)37-15-6-7-35-11-15/h8-10,13,15,19,21-22,24,34H,3-7,11-12H2,1-2H3,(H2,30,31,32,33)/t13-,15-,19?,21-,22-,24+/m1/s1. The monoisotopic (exact) mass is 546 g/mol. The summed E-state index contributed by atoms with van der Waals surface area (Å²) in [6.07, 6.45) is 1.77. The molecule has 1 unspecified atom stereocenters. The minimum absolute atomic E-state index is 0.00156. The van der Waals surface area contributed by atoms with Gasteiger partial charge in [-0.25, -0.2) is 9.37 Å². The van der Waals surface area contributed by atoms with Gasteiger partial charge in [0.15, 0.2) is 5.65 Å². The molecule has 0 saturated carbocycles. The first-order valence-electron chi connectivity index (χ1n) is 13.3. The molecule has 3 aromatic rings. The predicted molar refractivity (Wildman–Crippen MR) is 139 cm³/mol. The van der Waals surface area contributed by atoms with Crippen LogP contribution in [0.2, 0.25) is 5.02 Å².